The third-order valence-corrected chi connectivity index (χ3v) is 28.0. The van der Waals surface area contributed by atoms with Gasteiger partial charge in [0.05, 0.1) is 0 Å². The molecule has 0 bridgehead atoms. The zero-order valence-corrected chi connectivity index (χ0v) is 93.2. The van der Waals surface area contributed by atoms with Gasteiger partial charge in [0, 0.05) is 109 Å². The Balaban J connectivity index is 0.000000126. The van der Waals surface area contributed by atoms with E-state index in [0.717, 1.165) is 67.2 Å². The van der Waals surface area contributed by atoms with Gasteiger partial charge in [0.2, 0.25) is 0 Å². The van der Waals surface area contributed by atoms with Crippen LogP contribution in [-0.2, 0) is 95.6 Å². The van der Waals surface area contributed by atoms with Crippen LogP contribution in [0.15, 0.2) is 317 Å². The summed E-state index contributed by atoms with van der Waals surface area (Å²) in [6.45, 7) is 33.3. The van der Waals surface area contributed by atoms with E-state index in [1.54, 1.807) is 0 Å². The van der Waals surface area contributed by atoms with Crippen LogP contribution >= 0.6 is 0 Å². The van der Waals surface area contributed by atoms with Crippen LogP contribution in [0, 0.1) is 56.4 Å². The first-order valence-corrected chi connectivity index (χ1v) is 49.5. The van der Waals surface area contributed by atoms with Crippen LogP contribution < -0.4 is 14.7 Å². The Kier molecular flexibility index (Phi) is 30.7. The van der Waals surface area contributed by atoms with Crippen LogP contribution in [0.2, 0.25) is 0 Å². The summed E-state index contributed by atoms with van der Waals surface area (Å²) in [5.41, 5.74) is 23.0. The number of imidazole rings is 3. The Morgan fingerprint density at radius 3 is 0.959 bits per heavy atom. The minimum absolute atomic E-state index is 0. The summed E-state index contributed by atoms with van der Waals surface area (Å²) in [5.74, 6) is 5.59. The maximum Gasteiger partial charge on any atom is 3.00 e. The number of nitrogens with zero attached hydrogens (tertiary/aromatic N) is 14. The van der Waals surface area contributed by atoms with E-state index in [1.165, 1.54) is 158 Å². The second-order valence-electron chi connectivity index (χ2n) is 39.8. The van der Waals surface area contributed by atoms with Gasteiger partial charge in [-0.05, 0) is 217 Å². The topological polar surface area (TPSA) is 82.8 Å². The second-order valence-corrected chi connectivity index (χ2v) is 39.8. The number of para-hydroxylation sites is 3. The fourth-order valence-corrected chi connectivity index (χ4v) is 21.0. The van der Waals surface area contributed by atoms with Crippen LogP contribution in [0.1, 0.15) is 152 Å². The summed E-state index contributed by atoms with van der Waals surface area (Å²) in [4.78, 5) is 28.2. The second kappa shape index (κ2) is 43.3. The van der Waals surface area contributed by atoms with E-state index < -0.39 is 0 Å². The molecule has 22 aromatic rings. The van der Waals surface area contributed by atoms with E-state index in [0.29, 0.717) is 35.5 Å². The fraction of sp³-hybridized carbons (Fsp3) is 0.203. The van der Waals surface area contributed by atoms with Crippen LogP contribution in [0.3, 0.4) is 0 Å². The molecule has 0 aliphatic carbocycles. The molecule has 17 heteroatoms. The van der Waals surface area contributed by atoms with E-state index in [2.05, 4.69) is 366 Å². The average Bonchev–Trinajstić information content (AvgIpc) is 1.44. The maximum absolute atomic E-state index is 5.41. The van der Waals surface area contributed by atoms with Gasteiger partial charge < -0.3 is 52.2 Å². The van der Waals surface area contributed by atoms with Crippen molar-refractivity contribution in [3.8, 4) is 34.2 Å². The van der Waals surface area contributed by atoms with Crippen molar-refractivity contribution < 1.29 is 60.3 Å². The van der Waals surface area contributed by atoms with Gasteiger partial charge in [0.25, 0.3) is 0 Å². The molecular formula is C128H121Ir3N14. The van der Waals surface area contributed by atoms with E-state index >= 15 is 0 Å². The van der Waals surface area contributed by atoms with Crippen LogP contribution in [0.5, 0.6) is 0 Å². The van der Waals surface area contributed by atoms with Crippen molar-refractivity contribution in [2.24, 2.45) is 35.2 Å². The summed E-state index contributed by atoms with van der Waals surface area (Å²) < 4.78 is 11.3. The largest absolute Gasteiger partial charge is 3.00 e. The summed E-state index contributed by atoms with van der Waals surface area (Å²) in [6.07, 6.45) is 18.5. The van der Waals surface area contributed by atoms with Gasteiger partial charge >= 0.3 is 60.3 Å². The van der Waals surface area contributed by atoms with Crippen molar-refractivity contribution in [2.45, 2.75) is 119 Å². The van der Waals surface area contributed by atoms with E-state index in [9.17, 15) is 0 Å². The molecule has 3 aliphatic rings. The summed E-state index contributed by atoms with van der Waals surface area (Å²) in [6, 6.07) is 112. The van der Waals surface area contributed by atoms with Crippen LogP contribution in [-0.4, -0.2) is 73.6 Å². The Morgan fingerprint density at radius 1 is 0.262 bits per heavy atom. The predicted octanol–water partition coefficient (Wildman–Crippen LogP) is 31.6. The first-order valence-electron chi connectivity index (χ1n) is 49.5. The third-order valence-electron chi connectivity index (χ3n) is 28.0. The van der Waals surface area contributed by atoms with Gasteiger partial charge in [-0.1, -0.05) is 213 Å². The van der Waals surface area contributed by atoms with E-state index in [1.807, 2.05) is 199 Å². The quantitative estimate of drug-likeness (QED) is 0.0675. The molecule has 8 heterocycles. The summed E-state index contributed by atoms with van der Waals surface area (Å²) >= 11 is 0. The van der Waals surface area contributed by atoms with Crippen molar-refractivity contribution in [2.75, 3.05) is 35.8 Å². The summed E-state index contributed by atoms with van der Waals surface area (Å²) in [7, 11) is 16.7. The van der Waals surface area contributed by atoms with Gasteiger partial charge in [-0.3, -0.25) is 15.0 Å². The number of anilines is 3. The first kappa shape index (κ1) is 103. The normalized spacial score (nSPS) is 12.9. The van der Waals surface area contributed by atoms with Crippen molar-refractivity contribution >= 4 is 158 Å². The Labute approximate surface area is 893 Å². The number of rotatable bonds is 12. The molecule has 0 spiro atoms. The minimum Gasteiger partial charge on any atom is -0.510 e. The molecule has 730 valence electrons. The summed E-state index contributed by atoms with van der Waals surface area (Å²) in [5, 5.41) is 23.3. The molecule has 17 aromatic carbocycles. The SMILES string of the molecule is CC(C)c1cccc(C(C)C)c1-c1nc2c3[c-]cccc3c3c4cc5ccccc5cc4ccc3c2n1C.CC(C)c1cccc(C(C)C)c1-c1nc2c3[c-]cccc3c3cc4ccn(C)c4cc3c2n1C.CC(C)c1cccc(C(C)C)c1-c1nc2c3[c-]cccc3c3cc4cn(C)cc4cc3c2n1C.CN1C=CN(c2[c-]cccc2)[CH-]1.CN1C=CN(c2[c-]cccc2)[CH-]1.CN1C=CN(c2[c-]cccc2)[CH-]1.[Ir+3].[Ir+3].[Ir+3]. The molecule has 145 heavy (non-hydrogen) atoms. The number of fused-ring (bicyclic) bond motifs is 23. The molecule has 14 nitrogen and oxygen atoms in total. The molecule has 0 amide bonds. The average molecular weight is 2430 g/mol. The Morgan fingerprint density at radius 2 is 0.593 bits per heavy atom. The number of aryl methyl sites for hydroxylation is 5. The predicted molar refractivity (Wildman–Crippen MR) is 599 cm³/mol. The molecule has 25 rings (SSSR count). The van der Waals surface area contributed by atoms with Crippen LogP contribution in [0.4, 0.5) is 17.1 Å². The smallest absolute Gasteiger partial charge is 0.510 e. The molecule has 5 aromatic heterocycles. The molecule has 0 atom stereocenters. The van der Waals surface area contributed by atoms with Crippen molar-refractivity contribution in [3.63, 3.8) is 0 Å². The number of aromatic nitrogens is 8. The van der Waals surface area contributed by atoms with E-state index in [4.69, 9.17) is 15.0 Å². The number of hydrogen-bond donors (Lipinski definition) is 0. The number of benzene rings is 17. The van der Waals surface area contributed by atoms with Gasteiger partial charge in [-0.15, -0.1) is 106 Å². The molecule has 0 N–H and O–H groups in total. The molecule has 0 unspecified atom stereocenters. The number of hydrogen-bond acceptors (Lipinski definition) is 9. The molecule has 0 saturated carbocycles. The standard InChI is InChI=1S/C36H31N2.2C31H30N3.3C10H10N2.3Ir/c1-21(2)26-15-10-16-27(22(3)4)33(26)36-37-34-29-14-9-8-13-28(29)32-30(35(34)38(36)5)18-17-25-19-23-11-6-7-12-24(23)20-31(25)32;1-18(2)22-12-9-13-23(19(3)4)28(22)31-32-29-25-11-8-7-10-24(25)26-14-20-16-33(5)17-21(20)15-27(26)30(29)34(31)6;1-18(2)21-12-9-13-22(19(3)4)28(21)31-32-29-24-11-8-7-10-23(24)25-16-20-14-15-33(5)27(20)17-26(25)30(29)34(31)6;3*1-11-7-8-12(9-11)10-5-3-2-4-6-10;;;/h6-13,15-22H,1-5H3;2*7-10,12-19H,1-6H3;3*2-5,7-9H,1H3;;;/q3*-1;3*-2;3*+3. The zero-order valence-electron chi connectivity index (χ0n) is 86.0. The molecule has 3 aliphatic heterocycles. The fourth-order valence-electron chi connectivity index (χ4n) is 21.0. The zero-order chi connectivity index (χ0) is 98.7. The van der Waals surface area contributed by atoms with Crippen molar-refractivity contribution in [1.29, 1.82) is 0 Å². The first-order chi connectivity index (χ1) is 68.7. The van der Waals surface area contributed by atoms with E-state index in [-0.39, 0.29) is 60.3 Å². The maximum atomic E-state index is 5.41. The molecule has 0 radical (unpaired) electrons. The monoisotopic (exact) mass is 2430 g/mol. The minimum atomic E-state index is 0. The molecule has 0 saturated heterocycles. The van der Waals surface area contributed by atoms with Gasteiger partial charge in [0.1, 0.15) is 17.5 Å². The Bertz CT molecular complexity index is 8350. The van der Waals surface area contributed by atoms with Gasteiger partial charge in [-0.2, -0.15) is 111 Å². The van der Waals surface area contributed by atoms with Crippen molar-refractivity contribution in [3.05, 3.63) is 406 Å². The third kappa shape index (κ3) is 19.8. The van der Waals surface area contributed by atoms with Crippen molar-refractivity contribution in [1.82, 2.24) is 52.5 Å². The Hall–Kier alpha value is -13.7. The molecule has 0 fully saturated rings. The van der Waals surface area contributed by atoms with Gasteiger partial charge in [-0.25, -0.2) is 0 Å². The van der Waals surface area contributed by atoms with Crippen LogP contribution in [0.25, 0.3) is 175 Å². The van der Waals surface area contributed by atoms with Gasteiger partial charge in [0.15, 0.2) is 0 Å². The molecular weight excluding hydrogens is 2310 g/mol.